The lowest BCUT2D eigenvalue weighted by Gasteiger charge is -2.36. The number of hydrogen-bond donors (Lipinski definition) is 5. The number of aliphatic hydroxyl groups excluding tert-OH is 2. The molecule has 26 nitrogen and oxygen atoms in total. The van der Waals surface area contributed by atoms with E-state index in [1.54, 1.807) is 97.1 Å². The van der Waals surface area contributed by atoms with Gasteiger partial charge in [-0.3, -0.25) is 28.2 Å². The Morgan fingerprint density at radius 3 is 1.30 bits per heavy atom. The molecule has 0 radical (unpaired) electrons. The molecule has 12 rings (SSSR count). The lowest BCUT2D eigenvalue weighted by Crippen LogP contribution is -2.41. The Morgan fingerprint density at radius 1 is 0.474 bits per heavy atom. The van der Waals surface area contributed by atoms with Gasteiger partial charge in [-0.2, -0.15) is 0 Å². The molecule has 606 valence electrons. The zero-order valence-corrected chi connectivity index (χ0v) is 74.6. The summed E-state index contributed by atoms with van der Waals surface area (Å²) in [5.41, 5.74) is 4.40. The quantitative estimate of drug-likeness (QED) is 0.0349. The Balaban J connectivity index is 0.000000241. The van der Waals surface area contributed by atoms with Crippen molar-refractivity contribution in [1.29, 1.82) is 0 Å². The van der Waals surface area contributed by atoms with E-state index >= 15 is 0 Å². The van der Waals surface area contributed by atoms with E-state index in [1.807, 2.05) is 115 Å². The topological polar surface area (TPSA) is 338 Å². The molecule has 0 bridgehead atoms. The van der Waals surface area contributed by atoms with E-state index in [4.69, 9.17) is 54.9 Å². The van der Waals surface area contributed by atoms with Crippen LogP contribution in [0, 0.1) is 0 Å². The van der Waals surface area contributed by atoms with E-state index in [0.717, 1.165) is 80.9 Å². The van der Waals surface area contributed by atoms with Crippen molar-refractivity contribution in [2.45, 2.75) is 104 Å². The molecule has 0 atom stereocenters. The Morgan fingerprint density at radius 2 is 0.877 bits per heavy atom. The molecule has 34 heteroatoms. The van der Waals surface area contributed by atoms with E-state index in [9.17, 15) is 24.0 Å². The number of aromatic nitrogens is 12. The molecule has 5 N–H and O–H groups in total. The lowest BCUT2D eigenvalue weighted by molar-refractivity contribution is 0.269. The molecule has 7 aromatic heterocycles. The van der Waals surface area contributed by atoms with Gasteiger partial charge in [0, 0.05) is 127 Å². The summed E-state index contributed by atoms with van der Waals surface area (Å²) in [6, 6.07) is 43.1. The molecule has 0 unspecified atom stereocenters. The minimum absolute atomic E-state index is 0.0575. The normalized spacial score (nSPS) is 10.9. The Labute approximate surface area is 703 Å². The summed E-state index contributed by atoms with van der Waals surface area (Å²) in [7, 11) is -1.28. The van der Waals surface area contributed by atoms with Gasteiger partial charge in [-0.25, -0.2) is 48.9 Å². The number of hydrogen-bond acceptors (Lipinski definition) is 21. The van der Waals surface area contributed by atoms with E-state index < -0.39 is 23.8 Å². The SMILES string of the molecule is CC(C)(C)[Si](C)(C)OCCBr.CC(C)(C)[Si](C)(C)OCCn1cc(Br)cnc1=O.COc1ccc2c(Cl)ccnc2c1.COc1ccc2c(OCCn3cc(-c4ccccc4)cnc3=O)ccnc2c1.O=c1ncc(-c2ccccc2)cn1CCO.O=c1ncc(Br)c[nH]1.O=c1ncc(Br)cn1CCO.OB(O)c1ccccc1. The van der Waals surface area contributed by atoms with Gasteiger partial charge in [0.05, 0.1) is 83.1 Å². The minimum atomic E-state index is -1.74. The summed E-state index contributed by atoms with van der Waals surface area (Å²) in [5, 5.41) is 38.5. The van der Waals surface area contributed by atoms with Crippen molar-refractivity contribution < 1.29 is 43.3 Å². The van der Waals surface area contributed by atoms with Gasteiger partial charge in [0.1, 0.15) is 23.9 Å². The number of fused-ring (bicyclic) bond motifs is 2. The summed E-state index contributed by atoms with van der Waals surface area (Å²) in [6.45, 7) is 25.4. The minimum Gasteiger partial charge on any atom is -0.497 e. The van der Waals surface area contributed by atoms with Crippen LogP contribution in [-0.2, 0) is 35.0 Å². The van der Waals surface area contributed by atoms with Crippen LogP contribution in [0.2, 0.25) is 41.3 Å². The predicted octanol–water partition coefficient (Wildman–Crippen LogP) is 13.7. The number of rotatable bonds is 20. The van der Waals surface area contributed by atoms with Crippen molar-refractivity contribution in [2.75, 3.05) is 52.6 Å². The maximum absolute atomic E-state index is 12.1. The molecule has 0 fully saturated rings. The summed E-state index contributed by atoms with van der Waals surface area (Å²) < 4.78 is 36.3. The third-order valence-corrected chi connectivity index (χ3v) is 28.3. The average molecular weight is 1870 g/mol. The molecule has 0 aliphatic heterocycles. The standard InChI is InChI=1S/C22H19N3O3.C12H21BrN2O2Si.C12H12N2O2.C10H8ClNO.C8H19BrOSi.C6H7BO2.C6H7BrN2O2.C4H3BrN2O/c1-27-18-7-8-19-20(13-18)23-10-9-21(19)28-12-11-25-15-17(14-24-22(25)26)16-5-3-2-4-6-16;1-12(2,3)18(4,5)17-7-6-15-9-10(13)8-14-11(15)16;15-7-6-14-9-11(8-13-12(14)16)10-4-2-1-3-5-10;1-13-7-2-3-8-9(11)4-5-12-10(8)6-7;1-8(2,3)11(4,5)10-7-6-9;8-7(9)6-4-2-1-3-5-6;7-5-3-8-6(11)9(4-5)1-2-10;5-3-1-6-4(8)7-2-3/h2-10,13-15H,11-12H2,1H3;8-9H,6-7H2,1-5H3;1-5,8-9,15H,6-7H2;2-6H,1H3;6-7H2,1-5H3;1-5,8-9H;3-4,10H,1-2H2;1-2H,(H,6,7,8). The third kappa shape index (κ3) is 32.8. The van der Waals surface area contributed by atoms with E-state index in [0.29, 0.717) is 47.6 Å². The highest BCUT2D eigenvalue weighted by molar-refractivity contribution is 9.11. The predicted molar refractivity (Wildman–Crippen MR) is 470 cm³/mol. The molecule has 0 amide bonds. The average Bonchev–Trinajstić information content (AvgIpc) is 0.806. The maximum Gasteiger partial charge on any atom is 0.488 e. The molecule has 12 aromatic rings. The third-order valence-electron chi connectivity index (χ3n) is 17.3. The van der Waals surface area contributed by atoms with Gasteiger partial charge in [-0.15, -0.1) is 0 Å². The Bertz CT molecular complexity index is 5210. The molecule has 0 spiro atoms. The first-order valence-electron chi connectivity index (χ1n) is 35.6. The fraction of sp³-hybridized carbons (Fsp3) is 0.300. The highest BCUT2D eigenvalue weighted by Crippen LogP contribution is 2.38. The summed E-state index contributed by atoms with van der Waals surface area (Å²) in [6.07, 6.45) is 19.3. The number of aliphatic hydroxyl groups is 2. The number of halogens is 5. The van der Waals surface area contributed by atoms with Crippen LogP contribution in [0.1, 0.15) is 41.5 Å². The molecule has 0 aliphatic carbocycles. The Kier molecular flexibility index (Phi) is 40.8. The number of aromatic amines is 1. The second kappa shape index (κ2) is 48.5. The number of pyridine rings is 2. The van der Waals surface area contributed by atoms with Gasteiger partial charge < -0.3 is 48.3 Å². The molecule has 0 saturated carbocycles. The van der Waals surface area contributed by atoms with Crippen molar-refractivity contribution in [3.05, 3.63) is 285 Å². The first-order valence-corrected chi connectivity index (χ1v) is 45.3. The molecule has 7 heterocycles. The van der Waals surface area contributed by atoms with Gasteiger partial charge in [-0.1, -0.05) is 160 Å². The van der Waals surface area contributed by atoms with Crippen LogP contribution < -0.4 is 48.1 Å². The van der Waals surface area contributed by atoms with Gasteiger partial charge in [0.25, 0.3) is 0 Å². The van der Waals surface area contributed by atoms with Gasteiger partial charge in [0.15, 0.2) is 16.6 Å². The van der Waals surface area contributed by atoms with Crippen molar-refractivity contribution in [3.8, 4) is 39.5 Å². The number of methoxy groups -OCH3 is 2. The Hall–Kier alpha value is -8.81. The highest BCUT2D eigenvalue weighted by atomic mass is 79.9. The van der Waals surface area contributed by atoms with Crippen LogP contribution in [0.25, 0.3) is 44.1 Å². The lowest BCUT2D eigenvalue weighted by atomic mass is 9.81. The number of alkyl halides is 1. The summed E-state index contributed by atoms with van der Waals surface area (Å²) in [4.78, 5) is 85.5. The van der Waals surface area contributed by atoms with Crippen LogP contribution in [0.4, 0.5) is 0 Å². The zero-order chi connectivity index (χ0) is 84.0. The van der Waals surface area contributed by atoms with E-state index in [2.05, 4.69) is 171 Å². The first kappa shape index (κ1) is 95.8. The van der Waals surface area contributed by atoms with E-state index in [-0.39, 0.29) is 59.8 Å². The van der Waals surface area contributed by atoms with Crippen LogP contribution in [0.5, 0.6) is 17.2 Å². The number of nitrogens with one attached hydrogen (secondary N) is 1. The largest absolute Gasteiger partial charge is 0.497 e. The number of ether oxygens (including phenoxy) is 3. The van der Waals surface area contributed by atoms with Crippen molar-refractivity contribution in [2.24, 2.45) is 0 Å². The maximum atomic E-state index is 12.1. The molecule has 0 aliphatic rings. The smallest absolute Gasteiger partial charge is 0.488 e. The van der Waals surface area contributed by atoms with Crippen LogP contribution in [-0.4, -0.2) is 155 Å². The summed E-state index contributed by atoms with van der Waals surface area (Å²) >= 11 is 18.9. The zero-order valence-electron chi connectivity index (χ0n) is 65.5. The molecule has 5 aromatic carbocycles. The molecular weight excluding hydrogens is 1780 g/mol. The van der Waals surface area contributed by atoms with Crippen molar-refractivity contribution >= 4 is 126 Å². The van der Waals surface area contributed by atoms with Crippen molar-refractivity contribution in [1.82, 2.24) is 58.1 Å². The number of H-pyrrole nitrogens is 1. The van der Waals surface area contributed by atoms with Gasteiger partial charge in [0.2, 0.25) is 0 Å². The number of nitrogens with zero attached hydrogens (tertiary/aromatic N) is 11. The summed E-state index contributed by atoms with van der Waals surface area (Å²) in [5.74, 6) is 2.25. The highest BCUT2D eigenvalue weighted by Gasteiger charge is 2.38. The van der Waals surface area contributed by atoms with Crippen LogP contribution in [0.15, 0.2) is 251 Å². The molecule has 0 saturated heterocycles. The van der Waals surface area contributed by atoms with Crippen LogP contribution >= 0.6 is 75.3 Å². The van der Waals surface area contributed by atoms with Gasteiger partial charge >= 0.3 is 35.6 Å². The van der Waals surface area contributed by atoms with Crippen molar-refractivity contribution in [3.63, 3.8) is 0 Å². The molecule has 114 heavy (non-hydrogen) atoms. The second-order valence-electron chi connectivity index (χ2n) is 27.5. The fourth-order valence-electron chi connectivity index (χ4n) is 9.09. The second-order valence-corrected chi connectivity index (χ2v) is 41.0. The van der Waals surface area contributed by atoms with Gasteiger partial charge in [-0.05, 0) is 137 Å². The fourth-order valence-corrected chi connectivity index (χ4v) is 12.8. The first-order chi connectivity index (χ1) is 54.1. The molecular formula is C80H96BBr4ClN12O14Si2. The van der Waals surface area contributed by atoms with Crippen LogP contribution in [0.3, 0.4) is 0 Å². The monoisotopic (exact) mass is 1870 g/mol. The van der Waals surface area contributed by atoms with E-state index in [1.165, 1.54) is 33.9 Å². The number of benzene rings is 5.